The van der Waals surface area contributed by atoms with E-state index < -0.39 is 34.3 Å². The van der Waals surface area contributed by atoms with E-state index in [9.17, 15) is 30.4 Å². The van der Waals surface area contributed by atoms with Gasteiger partial charge in [0.1, 0.15) is 29.8 Å². The van der Waals surface area contributed by atoms with Gasteiger partial charge in [0, 0.05) is 40.1 Å². The van der Waals surface area contributed by atoms with Gasteiger partial charge in [0.05, 0.1) is 5.52 Å². The molecule has 0 radical (unpaired) electrons. The Bertz CT molecular complexity index is 2890. The molecule has 60 heavy (non-hydrogen) atoms. The van der Waals surface area contributed by atoms with Gasteiger partial charge in [-0.15, -0.1) is 0 Å². The van der Waals surface area contributed by atoms with Crippen LogP contribution >= 0.6 is 0 Å². The predicted molar refractivity (Wildman–Crippen MR) is 223 cm³/mol. The van der Waals surface area contributed by atoms with Crippen LogP contribution in [-0.4, -0.2) is 51.0 Å². The third kappa shape index (κ3) is 10.7. The van der Waals surface area contributed by atoms with Gasteiger partial charge < -0.3 is 25.7 Å². The maximum Gasteiger partial charge on any atom is 0.534 e. The zero-order valence-electron chi connectivity index (χ0n) is 30.3. The quantitative estimate of drug-likeness (QED) is 0.0419. The summed E-state index contributed by atoms with van der Waals surface area (Å²) >= 11 is 0. The molecule has 8 rings (SSSR count). The van der Waals surface area contributed by atoms with Gasteiger partial charge in [-0.05, 0) is 106 Å². The van der Waals surface area contributed by atoms with Crippen LogP contribution in [-0.2, 0) is 10.1 Å². The Kier molecular flexibility index (Phi) is 13.8. The van der Waals surface area contributed by atoms with E-state index in [4.69, 9.17) is 21.5 Å². The van der Waals surface area contributed by atoms with Crippen LogP contribution in [0, 0.1) is 11.6 Å². The van der Waals surface area contributed by atoms with Gasteiger partial charge in [-0.1, -0.05) is 56.0 Å². The second kappa shape index (κ2) is 18.7. The van der Waals surface area contributed by atoms with Gasteiger partial charge in [-0.3, -0.25) is 0 Å². The zero-order valence-corrected chi connectivity index (χ0v) is 31.1. The molecule has 0 saturated carbocycles. The van der Waals surface area contributed by atoms with Crippen LogP contribution in [0.4, 0.5) is 33.3 Å². The third-order valence-electron chi connectivity index (χ3n) is 8.38. The maximum absolute atomic E-state index is 13.6. The smallest absolute Gasteiger partial charge is 0.423 e. The molecule has 0 amide bonds. The number of alkyl halides is 3. The van der Waals surface area contributed by atoms with E-state index in [1.165, 1.54) is 55.0 Å². The number of aromatic nitrogens is 4. The SMILES string of the molecule is C.Nc1cccc(-c2cc(-c3cccc(F)c3)cc3cncnc23)c1.Nc1cccc(B(O)O)c1.O=S(=O)(Oc1cc(-c2cccc(F)c2)cc2cncnc12)C(F)(F)F. The lowest BCUT2D eigenvalue weighted by Gasteiger charge is -2.12. The van der Waals surface area contributed by atoms with Gasteiger partial charge in [0.25, 0.3) is 0 Å². The van der Waals surface area contributed by atoms with E-state index in [-0.39, 0.29) is 29.7 Å². The van der Waals surface area contributed by atoms with Crippen molar-refractivity contribution in [3.8, 4) is 39.1 Å². The summed E-state index contributed by atoms with van der Waals surface area (Å²) in [7, 11) is -7.31. The standard InChI is InChI=1S/C20H14FN3.C15H8F4N2O3S.C6H8BNO2.CH4/c21-17-5-1-3-13(8-17)15-7-16-11-23-12-24-20(16)19(10-15)14-4-2-6-18(22)9-14;16-12-3-1-2-9(5-12)10-4-11-7-20-8-21-14(11)13(6-10)24-25(22,23)15(17,18)19;8-6-3-1-2-5(4-6)7(9)10;/h1-12H,22H2;1-8H;1-4,9-10H,8H2;1H4. The Morgan fingerprint density at radius 1 is 0.600 bits per heavy atom. The van der Waals surface area contributed by atoms with Crippen LogP contribution in [0.1, 0.15) is 7.43 Å². The molecular weight excluding hydrogens is 806 g/mol. The van der Waals surface area contributed by atoms with E-state index >= 15 is 0 Å². The molecule has 0 aliphatic rings. The molecule has 0 saturated heterocycles. The maximum atomic E-state index is 13.6. The van der Waals surface area contributed by atoms with Crippen LogP contribution in [0.25, 0.3) is 55.2 Å². The summed E-state index contributed by atoms with van der Waals surface area (Å²) in [6.07, 6.45) is 5.61. The van der Waals surface area contributed by atoms with Crippen molar-refractivity contribution in [2.45, 2.75) is 12.9 Å². The predicted octanol–water partition coefficient (Wildman–Crippen LogP) is 7.93. The molecular formula is C42H34BF5N6O5S. The van der Waals surface area contributed by atoms with Crippen molar-refractivity contribution in [1.82, 2.24) is 19.9 Å². The van der Waals surface area contributed by atoms with Gasteiger partial charge >= 0.3 is 22.7 Å². The normalized spacial score (nSPS) is 11.1. The summed E-state index contributed by atoms with van der Waals surface area (Å²) in [5, 5.41) is 18.4. The van der Waals surface area contributed by atoms with E-state index in [2.05, 4.69) is 24.1 Å². The number of benzene rings is 6. The van der Waals surface area contributed by atoms with Crippen molar-refractivity contribution >= 4 is 55.9 Å². The van der Waals surface area contributed by atoms with Gasteiger partial charge in [-0.25, -0.2) is 28.7 Å². The van der Waals surface area contributed by atoms with Crippen LogP contribution < -0.4 is 21.1 Å². The topological polar surface area (TPSA) is 187 Å². The first kappa shape index (κ1) is 44.1. The van der Waals surface area contributed by atoms with Crippen LogP contribution in [0.15, 0.2) is 146 Å². The highest BCUT2D eigenvalue weighted by Crippen LogP contribution is 2.36. The second-order valence-corrected chi connectivity index (χ2v) is 14.1. The molecule has 11 nitrogen and oxygen atoms in total. The molecule has 0 bridgehead atoms. The van der Waals surface area contributed by atoms with Crippen molar-refractivity contribution in [3.05, 3.63) is 158 Å². The highest BCUT2D eigenvalue weighted by atomic mass is 32.2. The van der Waals surface area contributed by atoms with E-state index in [0.717, 1.165) is 51.6 Å². The Morgan fingerprint density at radius 3 is 1.62 bits per heavy atom. The molecule has 0 aliphatic carbocycles. The van der Waals surface area contributed by atoms with Crippen LogP contribution in [0.3, 0.4) is 0 Å². The number of nitrogen functional groups attached to an aromatic ring is 2. The van der Waals surface area contributed by atoms with Crippen molar-refractivity contribution < 1.29 is 44.6 Å². The largest absolute Gasteiger partial charge is 0.534 e. The molecule has 6 N–H and O–H groups in total. The molecule has 0 atom stereocenters. The number of rotatable bonds is 6. The highest BCUT2D eigenvalue weighted by Gasteiger charge is 2.49. The fourth-order valence-electron chi connectivity index (χ4n) is 5.72. The molecule has 18 heteroatoms. The van der Waals surface area contributed by atoms with Gasteiger partial charge in [0.2, 0.25) is 0 Å². The highest BCUT2D eigenvalue weighted by molar-refractivity contribution is 7.88. The first-order valence-electron chi connectivity index (χ1n) is 17.2. The first-order chi connectivity index (χ1) is 28.1. The van der Waals surface area contributed by atoms with E-state index in [1.807, 2.05) is 42.5 Å². The van der Waals surface area contributed by atoms with E-state index in [0.29, 0.717) is 22.4 Å². The number of nitrogens with two attached hydrogens (primary N) is 2. The number of nitrogens with zero attached hydrogens (tertiary/aromatic N) is 4. The second-order valence-electron chi connectivity index (χ2n) is 12.6. The summed E-state index contributed by atoms with van der Waals surface area (Å²) < 4.78 is 91.7. The Morgan fingerprint density at radius 2 is 1.10 bits per heavy atom. The fourth-order valence-corrected chi connectivity index (χ4v) is 6.18. The van der Waals surface area contributed by atoms with Crippen LogP contribution in [0.5, 0.6) is 5.75 Å². The number of anilines is 2. The van der Waals surface area contributed by atoms with Crippen LogP contribution in [0.2, 0.25) is 0 Å². The van der Waals surface area contributed by atoms with Crippen molar-refractivity contribution in [1.29, 1.82) is 0 Å². The molecule has 6 aromatic carbocycles. The molecule has 0 spiro atoms. The molecule has 2 heterocycles. The average Bonchev–Trinajstić information content (AvgIpc) is 3.20. The summed E-state index contributed by atoms with van der Waals surface area (Å²) in [5.74, 6) is -1.45. The summed E-state index contributed by atoms with van der Waals surface area (Å²) in [5.41, 5.74) is 12.3. The van der Waals surface area contributed by atoms with Crippen molar-refractivity contribution in [3.63, 3.8) is 0 Å². The third-order valence-corrected chi connectivity index (χ3v) is 9.35. The molecule has 0 unspecified atom stereocenters. The van der Waals surface area contributed by atoms with E-state index in [1.54, 1.807) is 30.5 Å². The molecule has 0 fully saturated rings. The minimum atomic E-state index is -5.88. The lowest BCUT2D eigenvalue weighted by molar-refractivity contribution is -0.0499. The Balaban J connectivity index is 0.000000184. The van der Waals surface area contributed by atoms with Gasteiger partial charge in [0.15, 0.2) is 5.75 Å². The summed E-state index contributed by atoms with van der Waals surface area (Å²) in [4.78, 5) is 16.0. The Labute approximate surface area is 341 Å². The zero-order chi connectivity index (χ0) is 42.3. The molecule has 0 aliphatic heterocycles. The number of fused-ring (bicyclic) bond motifs is 2. The first-order valence-corrected chi connectivity index (χ1v) is 18.6. The molecule has 306 valence electrons. The van der Waals surface area contributed by atoms with Gasteiger partial charge in [-0.2, -0.15) is 21.6 Å². The summed E-state index contributed by atoms with van der Waals surface area (Å²) in [6.45, 7) is 0. The molecule has 8 aromatic rings. The fraction of sp³-hybridized carbons (Fsp3) is 0.0476. The monoisotopic (exact) mass is 840 g/mol. The Hall–Kier alpha value is -7.02. The lowest BCUT2D eigenvalue weighted by Crippen LogP contribution is -2.29. The minimum absolute atomic E-state index is 0. The van der Waals surface area contributed by atoms with Crippen molar-refractivity contribution in [2.75, 3.05) is 11.5 Å². The van der Waals surface area contributed by atoms with Crippen molar-refractivity contribution in [2.24, 2.45) is 0 Å². The molecule has 2 aromatic heterocycles. The average molecular weight is 841 g/mol. The lowest BCUT2D eigenvalue weighted by atomic mass is 9.80. The number of halogens is 5. The summed E-state index contributed by atoms with van der Waals surface area (Å²) in [6, 6.07) is 32.4. The number of hydrogen-bond acceptors (Lipinski definition) is 11. The number of hydrogen-bond donors (Lipinski definition) is 4. The minimum Gasteiger partial charge on any atom is -0.423 e.